The Morgan fingerprint density at radius 2 is 2.06 bits per heavy atom. The predicted molar refractivity (Wildman–Crippen MR) is 72.4 cm³/mol. The molecule has 0 aliphatic carbocycles. The van der Waals surface area contributed by atoms with E-state index in [1.165, 1.54) is 12.8 Å². The molecule has 0 saturated carbocycles. The number of rotatable bonds is 4. The van der Waals surface area contributed by atoms with Crippen molar-refractivity contribution in [2.24, 2.45) is 5.73 Å². The Kier molecular flexibility index (Phi) is 3.68. The van der Waals surface area contributed by atoms with Crippen molar-refractivity contribution in [2.45, 2.75) is 12.8 Å². The van der Waals surface area contributed by atoms with Crippen LogP contribution < -0.4 is 21.3 Å². The van der Waals surface area contributed by atoms with Crippen molar-refractivity contribution in [1.29, 1.82) is 0 Å². The average Bonchev–Trinajstić information content (AvgIpc) is 2.83. The first kappa shape index (κ1) is 12.0. The van der Waals surface area contributed by atoms with E-state index >= 15 is 0 Å². The van der Waals surface area contributed by atoms with Crippen LogP contribution in [0.1, 0.15) is 12.8 Å². The van der Waals surface area contributed by atoms with Crippen LogP contribution in [-0.4, -0.2) is 38.2 Å². The maximum absolute atomic E-state index is 5.96. The monoisotopic (exact) mass is 235 g/mol. The predicted octanol–water partition coefficient (Wildman–Crippen LogP) is 0.659. The minimum Gasteiger partial charge on any atom is -0.396 e. The second-order valence-electron chi connectivity index (χ2n) is 4.49. The smallest absolute Gasteiger partial charge is 0.154 e. The summed E-state index contributed by atoms with van der Waals surface area (Å²) in [7, 11) is 1.97. The third-order valence-electron chi connectivity index (χ3n) is 3.15. The Bertz CT molecular complexity index is 373. The molecule has 0 atom stereocenters. The van der Waals surface area contributed by atoms with E-state index in [4.69, 9.17) is 11.5 Å². The molecule has 2 rings (SSSR count). The van der Waals surface area contributed by atoms with Gasteiger partial charge in [-0.1, -0.05) is 0 Å². The molecule has 0 radical (unpaired) electrons. The van der Waals surface area contributed by atoms with E-state index in [2.05, 4.69) is 9.88 Å². The van der Waals surface area contributed by atoms with Gasteiger partial charge in [0.25, 0.3) is 0 Å². The van der Waals surface area contributed by atoms with Crippen LogP contribution in [0.2, 0.25) is 0 Å². The maximum Gasteiger partial charge on any atom is 0.154 e. The summed E-state index contributed by atoms with van der Waals surface area (Å²) in [6, 6.07) is 3.93. The minimum absolute atomic E-state index is 0.603. The lowest BCUT2D eigenvalue weighted by atomic mass is 10.3. The molecule has 0 unspecified atom stereocenters. The van der Waals surface area contributed by atoms with E-state index in [1.807, 2.05) is 24.1 Å². The molecule has 0 amide bonds. The summed E-state index contributed by atoms with van der Waals surface area (Å²) in [5, 5.41) is 0. The van der Waals surface area contributed by atoms with Crippen LogP contribution >= 0.6 is 0 Å². The van der Waals surface area contributed by atoms with Crippen LogP contribution in [0.15, 0.2) is 12.1 Å². The van der Waals surface area contributed by atoms with E-state index in [9.17, 15) is 0 Å². The third-order valence-corrected chi connectivity index (χ3v) is 3.15. The number of likely N-dealkylation sites (N-methyl/N-ethyl adjacent to an activating group) is 1. The summed E-state index contributed by atoms with van der Waals surface area (Å²) in [4.78, 5) is 8.96. The number of hydrogen-bond acceptors (Lipinski definition) is 5. The highest BCUT2D eigenvalue weighted by atomic mass is 15.2. The molecule has 94 valence electrons. The molecule has 0 aromatic carbocycles. The lowest BCUT2D eigenvalue weighted by molar-refractivity contribution is 0.860. The van der Waals surface area contributed by atoms with Gasteiger partial charge in [0.15, 0.2) is 5.82 Å². The van der Waals surface area contributed by atoms with Gasteiger partial charge in [-0.2, -0.15) is 0 Å². The standard InChI is InChI=1S/C12H21N5/c1-16(9-6-13)12-10(14)4-5-11(15-12)17-7-2-3-8-17/h4-5H,2-3,6-9,13-14H2,1H3. The van der Waals surface area contributed by atoms with Crippen molar-refractivity contribution >= 4 is 17.3 Å². The van der Waals surface area contributed by atoms with Crippen molar-refractivity contribution in [1.82, 2.24) is 4.98 Å². The molecule has 1 aromatic rings. The second-order valence-corrected chi connectivity index (χ2v) is 4.49. The van der Waals surface area contributed by atoms with Crippen LogP contribution in [0, 0.1) is 0 Å². The molecular formula is C12H21N5. The Morgan fingerprint density at radius 3 is 2.71 bits per heavy atom. The second kappa shape index (κ2) is 5.23. The average molecular weight is 235 g/mol. The fourth-order valence-electron chi connectivity index (χ4n) is 2.18. The summed E-state index contributed by atoms with van der Waals surface area (Å²) in [5.41, 5.74) is 12.2. The first-order valence-electron chi connectivity index (χ1n) is 6.15. The molecule has 1 aliphatic rings. The summed E-state index contributed by atoms with van der Waals surface area (Å²) in [5.74, 6) is 1.86. The molecule has 1 aromatic heterocycles. The SMILES string of the molecule is CN(CCN)c1nc(N2CCCC2)ccc1N. The topological polar surface area (TPSA) is 71.4 Å². The van der Waals surface area contributed by atoms with Crippen molar-refractivity contribution in [3.8, 4) is 0 Å². The molecule has 1 aliphatic heterocycles. The highest BCUT2D eigenvalue weighted by molar-refractivity contribution is 5.66. The highest BCUT2D eigenvalue weighted by Crippen LogP contribution is 2.25. The zero-order valence-corrected chi connectivity index (χ0v) is 10.4. The van der Waals surface area contributed by atoms with Gasteiger partial charge in [0.05, 0.1) is 5.69 Å². The van der Waals surface area contributed by atoms with E-state index in [-0.39, 0.29) is 0 Å². The minimum atomic E-state index is 0.603. The lowest BCUT2D eigenvalue weighted by Crippen LogP contribution is -2.27. The van der Waals surface area contributed by atoms with Crippen molar-refractivity contribution in [3.05, 3.63) is 12.1 Å². The number of hydrogen-bond donors (Lipinski definition) is 2. The van der Waals surface area contributed by atoms with Gasteiger partial charge in [-0.05, 0) is 25.0 Å². The van der Waals surface area contributed by atoms with Crippen molar-refractivity contribution < 1.29 is 0 Å². The van der Waals surface area contributed by atoms with Crippen molar-refractivity contribution in [2.75, 3.05) is 48.8 Å². The number of nitrogens with zero attached hydrogens (tertiary/aromatic N) is 3. The summed E-state index contributed by atoms with van der Waals surface area (Å²) in [6.07, 6.45) is 2.50. The highest BCUT2D eigenvalue weighted by Gasteiger charge is 2.15. The van der Waals surface area contributed by atoms with Gasteiger partial charge in [-0.3, -0.25) is 0 Å². The van der Waals surface area contributed by atoms with Gasteiger partial charge in [-0.15, -0.1) is 0 Å². The van der Waals surface area contributed by atoms with Gasteiger partial charge in [0.2, 0.25) is 0 Å². The van der Waals surface area contributed by atoms with Crippen LogP contribution in [0.4, 0.5) is 17.3 Å². The van der Waals surface area contributed by atoms with Crippen LogP contribution in [-0.2, 0) is 0 Å². The molecule has 2 heterocycles. The quantitative estimate of drug-likeness (QED) is 0.802. The Morgan fingerprint density at radius 1 is 1.35 bits per heavy atom. The zero-order valence-electron chi connectivity index (χ0n) is 10.4. The number of aromatic nitrogens is 1. The molecule has 0 spiro atoms. The van der Waals surface area contributed by atoms with E-state index in [0.29, 0.717) is 12.2 Å². The zero-order chi connectivity index (χ0) is 12.3. The van der Waals surface area contributed by atoms with Gasteiger partial charge < -0.3 is 21.3 Å². The van der Waals surface area contributed by atoms with Crippen LogP contribution in [0.25, 0.3) is 0 Å². The molecule has 0 bridgehead atoms. The number of anilines is 3. The fraction of sp³-hybridized carbons (Fsp3) is 0.583. The van der Waals surface area contributed by atoms with E-state index in [1.54, 1.807) is 0 Å². The Hall–Kier alpha value is -1.49. The van der Waals surface area contributed by atoms with E-state index in [0.717, 1.165) is 31.3 Å². The molecule has 5 nitrogen and oxygen atoms in total. The van der Waals surface area contributed by atoms with Gasteiger partial charge in [-0.25, -0.2) is 4.98 Å². The largest absolute Gasteiger partial charge is 0.396 e. The van der Waals surface area contributed by atoms with Crippen LogP contribution in [0.3, 0.4) is 0 Å². The molecule has 1 fully saturated rings. The van der Waals surface area contributed by atoms with Gasteiger partial charge >= 0.3 is 0 Å². The van der Waals surface area contributed by atoms with Gasteiger partial charge in [0.1, 0.15) is 5.82 Å². The summed E-state index contributed by atoms with van der Waals surface area (Å²) in [6.45, 7) is 3.56. The van der Waals surface area contributed by atoms with E-state index < -0.39 is 0 Å². The fourth-order valence-corrected chi connectivity index (χ4v) is 2.18. The maximum atomic E-state index is 5.96. The normalized spacial score (nSPS) is 15.3. The molecule has 17 heavy (non-hydrogen) atoms. The first-order chi connectivity index (χ1) is 8.22. The lowest BCUT2D eigenvalue weighted by Gasteiger charge is -2.22. The number of pyridine rings is 1. The first-order valence-corrected chi connectivity index (χ1v) is 6.15. The molecular weight excluding hydrogens is 214 g/mol. The number of nitrogens with two attached hydrogens (primary N) is 2. The Balaban J connectivity index is 2.22. The van der Waals surface area contributed by atoms with Crippen molar-refractivity contribution in [3.63, 3.8) is 0 Å². The number of nitrogen functional groups attached to an aromatic ring is 1. The molecule has 4 N–H and O–H groups in total. The Labute approximate surface area is 102 Å². The van der Waals surface area contributed by atoms with Gasteiger partial charge in [0, 0.05) is 33.2 Å². The van der Waals surface area contributed by atoms with Crippen LogP contribution in [0.5, 0.6) is 0 Å². The summed E-state index contributed by atoms with van der Waals surface area (Å²) >= 11 is 0. The third kappa shape index (κ3) is 2.61. The summed E-state index contributed by atoms with van der Waals surface area (Å²) < 4.78 is 0. The molecule has 1 saturated heterocycles. The molecule has 5 heteroatoms.